The summed E-state index contributed by atoms with van der Waals surface area (Å²) in [5, 5.41) is 11.7. The van der Waals surface area contributed by atoms with Gasteiger partial charge in [-0.2, -0.15) is 0 Å². The van der Waals surface area contributed by atoms with E-state index in [1.165, 1.54) is 19.3 Å². The summed E-state index contributed by atoms with van der Waals surface area (Å²) in [6.07, 6.45) is 13.2. The van der Waals surface area contributed by atoms with Crippen LogP contribution in [0.25, 0.3) is 0 Å². The van der Waals surface area contributed by atoms with Gasteiger partial charge in [0, 0.05) is 24.7 Å². The third kappa shape index (κ3) is 3.61. The Labute approximate surface area is 188 Å². The van der Waals surface area contributed by atoms with Crippen molar-refractivity contribution in [3.63, 3.8) is 0 Å². The van der Waals surface area contributed by atoms with E-state index in [1.807, 2.05) is 12.2 Å². The van der Waals surface area contributed by atoms with E-state index >= 15 is 0 Å². The molecule has 0 bridgehead atoms. The highest BCUT2D eigenvalue weighted by Crippen LogP contribution is 2.69. The number of ketones is 1. The molecule has 0 heterocycles. The minimum atomic E-state index is -0.761. The van der Waals surface area contributed by atoms with Crippen molar-refractivity contribution in [2.45, 2.75) is 97.5 Å². The molecule has 0 aromatic heterocycles. The molecule has 3 unspecified atom stereocenters. The molecular formula is C27H42O4. The second kappa shape index (κ2) is 8.32. The number of esters is 1. The number of fused-ring (bicyclic) bond motifs is 5. The van der Waals surface area contributed by atoms with Gasteiger partial charge in [-0.25, -0.2) is 0 Å². The average Bonchev–Trinajstić information content (AvgIpc) is 3.00. The molecule has 4 aliphatic carbocycles. The maximum absolute atomic E-state index is 12.3. The van der Waals surface area contributed by atoms with Crippen LogP contribution in [0.4, 0.5) is 0 Å². The number of rotatable bonds is 5. The predicted octanol–water partition coefficient (Wildman–Crippen LogP) is 5.47. The van der Waals surface area contributed by atoms with Gasteiger partial charge in [-0.15, -0.1) is 0 Å². The van der Waals surface area contributed by atoms with Crippen molar-refractivity contribution < 1.29 is 19.4 Å². The zero-order chi connectivity index (χ0) is 22.4. The molecule has 4 rings (SSSR count). The van der Waals surface area contributed by atoms with Crippen molar-refractivity contribution in [1.29, 1.82) is 0 Å². The van der Waals surface area contributed by atoms with Crippen molar-refractivity contribution in [3.05, 3.63) is 12.2 Å². The molecule has 8 atom stereocenters. The fourth-order valence-corrected chi connectivity index (χ4v) is 8.43. The number of hydrogen-bond acceptors (Lipinski definition) is 4. The number of carbonyl (C=O) groups excluding carboxylic acids is 2. The Morgan fingerprint density at radius 3 is 2.61 bits per heavy atom. The highest BCUT2D eigenvalue weighted by Gasteiger charge is 2.64. The molecule has 0 aliphatic heterocycles. The summed E-state index contributed by atoms with van der Waals surface area (Å²) in [6.45, 7) is 9.33. The minimum Gasteiger partial charge on any atom is -0.465 e. The van der Waals surface area contributed by atoms with E-state index in [9.17, 15) is 14.7 Å². The van der Waals surface area contributed by atoms with Gasteiger partial charge in [-0.05, 0) is 80.0 Å². The molecule has 4 saturated carbocycles. The number of hydrogen-bond donors (Lipinski definition) is 1. The highest BCUT2D eigenvalue weighted by atomic mass is 16.5. The summed E-state index contributed by atoms with van der Waals surface area (Å²) < 4.78 is 5.17. The second-order valence-electron chi connectivity index (χ2n) is 11.5. The van der Waals surface area contributed by atoms with Crippen molar-refractivity contribution in [3.8, 4) is 0 Å². The third-order valence-corrected chi connectivity index (χ3v) is 10.5. The van der Waals surface area contributed by atoms with Gasteiger partial charge in [0.05, 0.1) is 12.2 Å². The van der Waals surface area contributed by atoms with Gasteiger partial charge in [-0.1, -0.05) is 39.8 Å². The maximum Gasteiger partial charge on any atom is 0.305 e. The number of carbonyl (C=O) groups is 2. The summed E-state index contributed by atoms with van der Waals surface area (Å²) in [6, 6.07) is 0. The molecule has 4 nitrogen and oxygen atoms in total. The number of aliphatic hydroxyl groups is 1. The van der Waals surface area contributed by atoms with Gasteiger partial charge in [0.25, 0.3) is 0 Å². The van der Waals surface area contributed by atoms with E-state index < -0.39 is 5.60 Å². The van der Waals surface area contributed by atoms with E-state index in [4.69, 9.17) is 4.74 Å². The first kappa shape index (κ1) is 23.0. The largest absolute Gasteiger partial charge is 0.465 e. The number of ether oxygens (including phenoxy) is 1. The Morgan fingerprint density at radius 2 is 1.87 bits per heavy atom. The van der Waals surface area contributed by atoms with Crippen LogP contribution in [0.15, 0.2) is 12.2 Å². The van der Waals surface area contributed by atoms with Crippen LogP contribution in [0.5, 0.6) is 0 Å². The molecular weight excluding hydrogens is 388 g/mol. The average molecular weight is 431 g/mol. The van der Waals surface area contributed by atoms with Gasteiger partial charge >= 0.3 is 5.97 Å². The Bertz CT molecular complexity index is 744. The Kier molecular flexibility index (Phi) is 6.17. The summed E-state index contributed by atoms with van der Waals surface area (Å²) >= 11 is 0. The van der Waals surface area contributed by atoms with Crippen LogP contribution in [-0.2, 0) is 14.3 Å². The zero-order valence-corrected chi connectivity index (χ0v) is 20.0. The van der Waals surface area contributed by atoms with Crippen molar-refractivity contribution in [2.24, 2.45) is 40.4 Å². The summed E-state index contributed by atoms with van der Waals surface area (Å²) in [4.78, 5) is 23.6. The molecule has 4 aliphatic rings. The Morgan fingerprint density at radius 1 is 1.13 bits per heavy atom. The first-order chi connectivity index (χ1) is 14.7. The van der Waals surface area contributed by atoms with Crippen LogP contribution in [0.1, 0.15) is 91.9 Å². The number of Topliss-reactive ketones (excluding diaryl/α,β-unsaturated/α-hetero) is 1. The van der Waals surface area contributed by atoms with Gasteiger partial charge in [-0.3, -0.25) is 9.59 Å². The van der Waals surface area contributed by atoms with E-state index in [0.717, 1.165) is 32.1 Å². The van der Waals surface area contributed by atoms with Crippen molar-refractivity contribution in [2.75, 3.05) is 6.61 Å². The van der Waals surface area contributed by atoms with Gasteiger partial charge in [0.2, 0.25) is 0 Å². The van der Waals surface area contributed by atoms with Crippen LogP contribution in [0, 0.1) is 40.4 Å². The highest BCUT2D eigenvalue weighted by molar-refractivity contribution is 5.80. The van der Waals surface area contributed by atoms with Crippen molar-refractivity contribution in [1.82, 2.24) is 0 Å². The lowest BCUT2D eigenvalue weighted by Gasteiger charge is -2.62. The molecule has 0 amide bonds. The fraction of sp³-hybridized carbons (Fsp3) is 0.852. The summed E-state index contributed by atoms with van der Waals surface area (Å²) in [5.74, 6) is 3.25. The lowest BCUT2D eigenvalue weighted by atomic mass is 9.42. The first-order valence-corrected chi connectivity index (χ1v) is 12.7. The van der Waals surface area contributed by atoms with Gasteiger partial charge in [0.1, 0.15) is 5.78 Å². The molecule has 31 heavy (non-hydrogen) atoms. The van der Waals surface area contributed by atoms with Crippen LogP contribution < -0.4 is 0 Å². The van der Waals surface area contributed by atoms with Gasteiger partial charge < -0.3 is 9.84 Å². The lowest BCUT2D eigenvalue weighted by Crippen LogP contribution is -2.58. The van der Waals surface area contributed by atoms with E-state index in [1.54, 1.807) is 6.92 Å². The van der Waals surface area contributed by atoms with E-state index in [0.29, 0.717) is 54.8 Å². The maximum atomic E-state index is 12.3. The quantitative estimate of drug-likeness (QED) is 0.357. The molecule has 0 radical (unpaired) electrons. The summed E-state index contributed by atoms with van der Waals surface area (Å²) in [5.41, 5.74) is -0.567. The van der Waals surface area contributed by atoms with Crippen LogP contribution in [0.3, 0.4) is 0 Å². The molecule has 4 fully saturated rings. The molecule has 4 heteroatoms. The molecule has 174 valence electrons. The Balaban J connectivity index is 1.48. The molecule has 0 saturated heterocycles. The van der Waals surface area contributed by atoms with Crippen LogP contribution in [-0.4, -0.2) is 29.1 Å². The minimum absolute atomic E-state index is 0.0817. The predicted molar refractivity (Wildman–Crippen MR) is 121 cm³/mol. The lowest BCUT2D eigenvalue weighted by molar-refractivity contribution is -0.161. The SMILES string of the molecule is CCC(=O)OCCC=CC1(O)CC[C@H]2[C@@H]3CCC4CC(=O)CC(C)[C@]4(C)[C@@H]3CC[C@@]21C. The van der Waals surface area contributed by atoms with Gasteiger partial charge in [0.15, 0.2) is 0 Å². The Hall–Kier alpha value is -1.16. The normalized spacial score (nSPS) is 47.0. The summed E-state index contributed by atoms with van der Waals surface area (Å²) in [7, 11) is 0. The molecule has 0 aromatic carbocycles. The van der Waals surface area contributed by atoms with Crippen molar-refractivity contribution >= 4 is 11.8 Å². The topological polar surface area (TPSA) is 63.6 Å². The zero-order valence-electron chi connectivity index (χ0n) is 20.0. The first-order valence-electron chi connectivity index (χ1n) is 12.7. The standard InChI is InChI=1S/C27H42O4/c1-5-24(29)31-15-7-6-12-27(30)14-11-22-21-9-8-19-17-20(28)16-18(2)26(19,4)23(21)10-13-25(22,27)3/h6,12,18-19,21-23,30H,5,7-11,13-17H2,1-4H3/t18?,19?,21-,22-,23+,25-,26-,27?/m0/s1. The second-order valence-corrected chi connectivity index (χ2v) is 11.5. The van der Waals surface area contributed by atoms with Crippen LogP contribution >= 0.6 is 0 Å². The fourth-order valence-electron chi connectivity index (χ4n) is 8.43. The molecule has 1 N–H and O–H groups in total. The third-order valence-electron chi connectivity index (χ3n) is 10.5. The monoisotopic (exact) mass is 430 g/mol. The molecule has 0 spiro atoms. The van der Waals surface area contributed by atoms with Crippen LogP contribution in [0.2, 0.25) is 0 Å². The van der Waals surface area contributed by atoms with E-state index in [2.05, 4.69) is 20.8 Å². The van der Waals surface area contributed by atoms with E-state index in [-0.39, 0.29) is 16.8 Å². The smallest absolute Gasteiger partial charge is 0.305 e. The molecule has 0 aromatic rings.